The number of hydrogen-bond donors (Lipinski definition) is 0. The maximum Gasteiger partial charge on any atom is 0.388 e. The van der Waals surface area contributed by atoms with Crippen LogP contribution < -0.4 is 9.64 Å². The van der Waals surface area contributed by atoms with Crippen LogP contribution in [0.3, 0.4) is 0 Å². The Bertz CT molecular complexity index is 932. The van der Waals surface area contributed by atoms with Crippen LogP contribution in [0.25, 0.3) is 10.2 Å². The third-order valence-electron chi connectivity index (χ3n) is 4.39. The van der Waals surface area contributed by atoms with Gasteiger partial charge in [-0.1, -0.05) is 23.5 Å². The van der Waals surface area contributed by atoms with Gasteiger partial charge in [0.05, 0.1) is 10.2 Å². The fourth-order valence-electron chi connectivity index (χ4n) is 3.01. The summed E-state index contributed by atoms with van der Waals surface area (Å²) in [5, 5.41) is 4.93. The van der Waals surface area contributed by atoms with Gasteiger partial charge in [0.15, 0.2) is 10.8 Å². The molecule has 0 N–H and O–H groups in total. The van der Waals surface area contributed by atoms with Crippen LogP contribution in [0.4, 0.5) is 13.9 Å². The molecule has 0 atom stereocenters. The number of halogens is 2. The number of amides is 1. The van der Waals surface area contributed by atoms with Crippen LogP contribution in [-0.4, -0.2) is 58.4 Å². The van der Waals surface area contributed by atoms with Gasteiger partial charge in [-0.2, -0.15) is 13.9 Å². The number of benzene rings is 1. The largest absolute Gasteiger partial charge is 0.417 e. The Morgan fingerprint density at radius 2 is 1.96 bits per heavy atom. The van der Waals surface area contributed by atoms with Gasteiger partial charge in [0.1, 0.15) is 0 Å². The monoisotopic (exact) mass is 393 g/mol. The highest BCUT2D eigenvalue weighted by Gasteiger charge is 2.26. The van der Waals surface area contributed by atoms with Gasteiger partial charge in [0.25, 0.3) is 5.91 Å². The number of hydrogen-bond acceptors (Lipinski definition) is 6. The zero-order valence-electron chi connectivity index (χ0n) is 14.5. The molecule has 3 aromatic rings. The summed E-state index contributed by atoms with van der Waals surface area (Å²) in [6.07, 6.45) is 0. The molecule has 0 spiro atoms. The van der Waals surface area contributed by atoms with Crippen LogP contribution in [0.1, 0.15) is 10.5 Å². The lowest BCUT2D eigenvalue weighted by molar-refractivity contribution is -0.0553. The number of rotatable bonds is 4. The van der Waals surface area contributed by atoms with Gasteiger partial charge < -0.3 is 14.5 Å². The molecule has 1 aromatic carbocycles. The Morgan fingerprint density at radius 1 is 1.22 bits per heavy atom. The molecule has 1 saturated heterocycles. The Labute approximate surface area is 157 Å². The van der Waals surface area contributed by atoms with Crippen LogP contribution in [-0.2, 0) is 7.05 Å². The molecule has 1 aliphatic rings. The summed E-state index contributed by atoms with van der Waals surface area (Å²) in [7, 11) is 1.46. The van der Waals surface area contributed by atoms with E-state index in [9.17, 15) is 13.6 Å². The van der Waals surface area contributed by atoms with E-state index in [-0.39, 0.29) is 17.5 Å². The molecule has 4 rings (SSSR count). The number of fused-ring (bicyclic) bond motifs is 1. The first-order valence-electron chi connectivity index (χ1n) is 8.40. The topological polar surface area (TPSA) is 63.5 Å². The summed E-state index contributed by atoms with van der Waals surface area (Å²) in [5.74, 6) is -0.430. The van der Waals surface area contributed by atoms with Crippen molar-refractivity contribution in [1.82, 2.24) is 19.7 Å². The van der Waals surface area contributed by atoms with E-state index in [0.29, 0.717) is 26.2 Å². The van der Waals surface area contributed by atoms with E-state index in [1.165, 1.54) is 13.1 Å². The minimum Gasteiger partial charge on any atom is -0.417 e. The highest BCUT2D eigenvalue weighted by molar-refractivity contribution is 7.22. The van der Waals surface area contributed by atoms with E-state index in [1.807, 2.05) is 24.3 Å². The minimum absolute atomic E-state index is 0.0987. The van der Waals surface area contributed by atoms with E-state index >= 15 is 0 Å². The molecule has 1 aliphatic heterocycles. The number of para-hydroxylation sites is 1. The number of alkyl halides is 2. The molecule has 27 heavy (non-hydrogen) atoms. The van der Waals surface area contributed by atoms with Crippen molar-refractivity contribution in [3.05, 3.63) is 36.0 Å². The quantitative estimate of drug-likeness (QED) is 0.682. The van der Waals surface area contributed by atoms with E-state index in [1.54, 1.807) is 16.2 Å². The van der Waals surface area contributed by atoms with Crippen molar-refractivity contribution in [2.75, 3.05) is 31.1 Å². The van der Waals surface area contributed by atoms with Crippen molar-refractivity contribution in [1.29, 1.82) is 0 Å². The van der Waals surface area contributed by atoms with Gasteiger partial charge in [-0.05, 0) is 12.1 Å². The van der Waals surface area contributed by atoms with Crippen LogP contribution in [0, 0.1) is 0 Å². The molecule has 0 saturated carbocycles. The van der Waals surface area contributed by atoms with Gasteiger partial charge >= 0.3 is 6.61 Å². The Morgan fingerprint density at radius 3 is 2.67 bits per heavy atom. The molecule has 10 heteroatoms. The number of ether oxygens (including phenoxy) is 1. The van der Waals surface area contributed by atoms with Gasteiger partial charge in [0, 0.05) is 39.3 Å². The zero-order chi connectivity index (χ0) is 19.0. The molecule has 7 nitrogen and oxygen atoms in total. The molecule has 3 heterocycles. The van der Waals surface area contributed by atoms with Gasteiger partial charge in [-0.15, -0.1) is 0 Å². The molecule has 0 bridgehead atoms. The normalized spacial score (nSPS) is 15.0. The predicted molar refractivity (Wildman–Crippen MR) is 97.6 cm³/mol. The highest BCUT2D eigenvalue weighted by Crippen LogP contribution is 2.29. The van der Waals surface area contributed by atoms with Gasteiger partial charge in [0.2, 0.25) is 5.88 Å². The Kier molecular flexibility index (Phi) is 4.65. The van der Waals surface area contributed by atoms with E-state index in [2.05, 4.69) is 19.7 Å². The standard InChI is InChI=1S/C17H17F2N5O2S/c1-22-14(26-16(18)19)10-12(21-22)15(25)23-6-8-24(9-7-23)17-20-11-4-2-3-5-13(11)27-17/h2-5,10,16H,6-9H2,1H3. The number of nitrogens with zero attached hydrogens (tertiary/aromatic N) is 5. The Balaban J connectivity index is 1.42. The second-order valence-corrected chi connectivity index (χ2v) is 7.12. The summed E-state index contributed by atoms with van der Waals surface area (Å²) in [4.78, 5) is 21.1. The molecule has 0 aliphatic carbocycles. The van der Waals surface area contributed by atoms with E-state index < -0.39 is 6.61 Å². The average Bonchev–Trinajstić information content (AvgIpc) is 3.25. The van der Waals surface area contributed by atoms with E-state index in [0.717, 1.165) is 20.0 Å². The van der Waals surface area contributed by atoms with Crippen molar-refractivity contribution in [2.45, 2.75) is 6.61 Å². The maximum absolute atomic E-state index is 12.6. The number of anilines is 1. The second kappa shape index (κ2) is 7.10. The number of aryl methyl sites for hydroxylation is 1. The fourth-order valence-corrected chi connectivity index (χ4v) is 4.03. The minimum atomic E-state index is -2.96. The number of aromatic nitrogens is 3. The summed E-state index contributed by atoms with van der Waals surface area (Å²) >= 11 is 1.63. The number of piperazine rings is 1. The molecule has 2 aromatic heterocycles. The summed E-state index contributed by atoms with van der Waals surface area (Å²) in [6.45, 7) is -0.634. The van der Waals surface area contributed by atoms with Crippen LogP contribution in [0.2, 0.25) is 0 Å². The summed E-state index contributed by atoms with van der Waals surface area (Å²) in [5.41, 5.74) is 1.07. The maximum atomic E-state index is 12.6. The van der Waals surface area contributed by atoms with Crippen molar-refractivity contribution >= 4 is 32.6 Å². The van der Waals surface area contributed by atoms with Crippen molar-refractivity contribution < 1.29 is 18.3 Å². The first-order valence-corrected chi connectivity index (χ1v) is 9.21. The lowest BCUT2D eigenvalue weighted by atomic mass is 10.3. The molecule has 0 unspecified atom stereocenters. The highest BCUT2D eigenvalue weighted by atomic mass is 32.1. The van der Waals surface area contributed by atoms with Gasteiger partial charge in [-0.25, -0.2) is 9.67 Å². The molecule has 0 radical (unpaired) electrons. The number of carbonyl (C=O) groups excluding carboxylic acids is 1. The molecule has 142 valence electrons. The van der Waals surface area contributed by atoms with Crippen molar-refractivity contribution in [3.63, 3.8) is 0 Å². The lowest BCUT2D eigenvalue weighted by Gasteiger charge is -2.34. The third kappa shape index (κ3) is 3.57. The van der Waals surface area contributed by atoms with Crippen molar-refractivity contribution in [3.8, 4) is 5.88 Å². The zero-order valence-corrected chi connectivity index (χ0v) is 15.3. The smallest absolute Gasteiger partial charge is 0.388 e. The van der Waals surface area contributed by atoms with Crippen LogP contribution in [0.15, 0.2) is 30.3 Å². The van der Waals surface area contributed by atoms with Crippen molar-refractivity contribution in [2.24, 2.45) is 7.05 Å². The fraction of sp³-hybridized carbons (Fsp3) is 0.353. The average molecular weight is 393 g/mol. The summed E-state index contributed by atoms with van der Waals surface area (Å²) < 4.78 is 31.4. The number of carbonyl (C=O) groups is 1. The predicted octanol–water partition coefficient (Wildman–Crippen LogP) is 2.59. The van der Waals surface area contributed by atoms with Gasteiger partial charge in [-0.3, -0.25) is 4.79 Å². The molecular formula is C17H17F2N5O2S. The molecule has 1 amide bonds. The van der Waals surface area contributed by atoms with Crippen LogP contribution in [0.5, 0.6) is 5.88 Å². The Hall–Kier alpha value is -2.75. The van der Waals surface area contributed by atoms with Crippen LogP contribution >= 0.6 is 11.3 Å². The number of thiazole rings is 1. The first kappa shape index (κ1) is 17.7. The van der Waals surface area contributed by atoms with E-state index in [4.69, 9.17) is 0 Å². The first-order chi connectivity index (χ1) is 13.0. The second-order valence-electron chi connectivity index (χ2n) is 6.11. The SMILES string of the molecule is Cn1nc(C(=O)N2CCN(c3nc4ccccc4s3)CC2)cc1OC(F)F. The lowest BCUT2D eigenvalue weighted by Crippen LogP contribution is -2.48. The molecular weight excluding hydrogens is 376 g/mol. The third-order valence-corrected chi connectivity index (χ3v) is 5.48. The summed E-state index contributed by atoms with van der Waals surface area (Å²) in [6, 6.07) is 9.21. The molecule has 1 fully saturated rings.